The molecule has 0 saturated carbocycles. The van der Waals surface area contributed by atoms with Gasteiger partial charge in [-0.05, 0) is 29.8 Å². The Balaban J connectivity index is 1.91. The maximum absolute atomic E-state index is 13.1. The van der Waals surface area contributed by atoms with Crippen LogP contribution in [-0.2, 0) is 16.1 Å². The SMILES string of the molecule is CC(=O)N(CCC(=O)Nc1ccc(F)c(F)c1)Cc1ccc(Cl)cc1. The first kappa shape index (κ1) is 18.9. The van der Waals surface area contributed by atoms with Gasteiger partial charge in [-0.15, -0.1) is 0 Å². The van der Waals surface area contributed by atoms with Gasteiger partial charge in [0.25, 0.3) is 0 Å². The van der Waals surface area contributed by atoms with Gasteiger partial charge in [0, 0.05) is 43.2 Å². The standard InChI is InChI=1S/C18H17ClF2N2O2/c1-12(24)23(11-13-2-4-14(19)5-3-13)9-8-18(25)22-15-6-7-16(20)17(21)10-15/h2-7,10H,8-9,11H2,1H3,(H,22,25). The summed E-state index contributed by atoms with van der Waals surface area (Å²) in [5, 5.41) is 3.08. The Bertz CT molecular complexity index is 766. The monoisotopic (exact) mass is 366 g/mol. The van der Waals surface area contributed by atoms with Gasteiger partial charge in [0.2, 0.25) is 11.8 Å². The molecule has 2 rings (SSSR count). The summed E-state index contributed by atoms with van der Waals surface area (Å²) in [5.74, 6) is -2.58. The molecule has 0 atom stereocenters. The largest absolute Gasteiger partial charge is 0.338 e. The number of carbonyl (C=O) groups excluding carboxylic acids is 2. The van der Waals surface area contributed by atoms with Crippen molar-refractivity contribution < 1.29 is 18.4 Å². The highest BCUT2D eigenvalue weighted by molar-refractivity contribution is 6.30. The van der Waals surface area contributed by atoms with Gasteiger partial charge in [0.1, 0.15) is 0 Å². The Labute approximate surface area is 149 Å². The number of hydrogen-bond acceptors (Lipinski definition) is 2. The lowest BCUT2D eigenvalue weighted by atomic mass is 10.2. The van der Waals surface area contributed by atoms with Gasteiger partial charge < -0.3 is 10.2 Å². The molecule has 2 aromatic rings. The van der Waals surface area contributed by atoms with Gasteiger partial charge >= 0.3 is 0 Å². The number of nitrogens with one attached hydrogen (secondary N) is 1. The quantitative estimate of drug-likeness (QED) is 0.840. The summed E-state index contributed by atoms with van der Waals surface area (Å²) in [7, 11) is 0. The number of carbonyl (C=O) groups is 2. The molecular formula is C18H17ClF2N2O2. The van der Waals surface area contributed by atoms with Crippen molar-refractivity contribution in [3.05, 3.63) is 64.7 Å². The molecule has 0 radical (unpaired) electrons. The number of halogens is 3. The lowest BCUT2D eigenvalue weighted by Crippen LogP contribution is -2.31. The normalized spacial score (nSPS) is 10.4. The predicted octanol–water partition coefficient (Wildman–Crippen LogP) is 4.00. The zero-order valence-corrected chi connectivity index (χ0v) is 14.3. The van der Waals surface area contributed by atoms with Crippen molar-refractivity contribution in [1.29, 1.82) is 0 Å². The lowest BCUT2D eigenvalue weighted by molar-refractivity contribution is -0.129. The summed E-state index contributed by atoms with van der Waals surface area (Å²) >= 11 is 5.83. The van der Waals surface area contributed by atoms with Crippen molar-refractivity contribution in [2.45, 2.75) is 19.9 Å². The Morgan fingerprint density at radius 2 is 1.76 bits per heavy atom. The molecule has 132 valence electrons. The predicted molar refractivity (Wildman–Crippen MR) is 92.1 cm³/mol. The minimum Gasteiger partial charge on any atom is -0.338 e. The van der Waals surface area contributed by atoms with Crippen LogP contribution in [0.25, 0.3) is 0 Å². The zero-order valence-electron chi connectivity index (χ0n) is 13.6. The van der Waals surface area contributed by atoms with E-state index in [4.69, 9.17) is 11.6 Å². The molecule has 2 aromatic carbocycles. The number of hydrogen-bond donors (Lipinski definition) is 1. The third-order valence-electron chi connectivity index (χ3n) is 3.54. The fourth-order valence-corrected chi connectivity index (χ4v) is 2.32. The Morgan fingerprint density at radius 3 is 2.36 bits per heavy atom. The topological polar surface area (TPSA) is 49.4 Å². The Hall–Kier alpha value is -2.47. The Kier molecular flexibility index (Phi) is 6.47. The summed E-state index contributed by atoms with van der Waals surface area (Å²) in [6, 6.07) is 10.2. The first-order chi connectivity index (χ1) is 11.8. The Morgan fingerprint density at radius 1 is 1.08 bits per heavy atom. The van der Waals surface area contributed by atoms with Gasteiger partial charge in [-0.3, -0.25) is 9.59 Å². The van der Waals surface area contributed by atoms with Crippen molar-refractivity contribution in [1.82, 2.24) is 4.90 Å². The fraction of sp³-hybridized carbons (Fsp3) is 0.222. The van der Waals surface area contributed by atoms with Crippen molar-refractivity contribution in [2.75, 3.05) is 11.9 Å². The average molecular weight is 367 g/mol. The molecule has 0 aliphatic rings. The number of amides is 2. The molecule has 0 aliphatic carbocycles. The van der Waals surface area contributed by atoms with E-state index in [9.17, 15) is 18.4 Å². The molecule has 4 nitrogen and oxygen atoms in total. The highest BCUT2D eigenvalue weighted by Gasteiger charge is 2.13. The molecule has 0 unspecified atom stereocenters. The summed E-state index contributed by atoms with van der Waals surface area (Å²) in [6.45, 7) is 1.97. The van der Waals surface area contributed by atoms with Crippen LogP contribution in [0, 0.1) is 11.6 Å². The van der Waals surface area contributed by atoms with E-state index in [1.165, 1.54) is 17.9 Å². The second-order valence-corrected chi connectivity index (χ2v) is 5.93. The third-order valence-corrected chi connectivity index (χ3v) is 3.80. The van der Waals surface area contributed by atoms with Gasteiger partial charge in [-0.2, -0.15) is 0 Å². The number of rotatable bonds is 6. The molecule has 1 N–H and O–H groups in total. The molecule has 7 heteroatoms. The van der Waals surface area contributed by atoms with Gasteiger partial charge in [-0.1, -0.05) is 23.7 Å². The van der Waals surface area contributed by atoms with Crippen LogP contribution >= 0.6 is 11.6 Å². The van der Waals surface area contributed by atoms with E-state index in [2.05, 4.69) is 5.32 Å². The molecular weight excluding hydrogens is 350 g/mol. The lowest BCUT2D eigenvalue weighted by Gasteiger charge is -2.21. The van der Waals surface area contributed by atoms with Crippen molar-refractivity contribution in [3.63, 3.8) is 0 Å². The van der Waals surface area contributed by atoms with E-state index in [1.807, 2.05) is 0 Å². The molecule has 0 aliphatic heterocycles. The van der Waals surface area contributed by atoms with E-state index >= 15 is 0 Å². The molecule has 0 heterocycles. The van der Waals surface area contributed by atoms with E-state index in [0.717, 1.165) is 17.7 Å². The van der Waals surface area contributed by atoms with E-state index < -0.39 is 17.5 Å². The number of anilines is 1. The van der Waals surface area contributed by atoms with E-state index in [1.54, 1.807) is 24.3 Å². The van der Waals surface area contributed by atoms with Crippen LogP contribution in [0.2, 0.25) is 5.02 Å². The van der Waals surface area contributed by atoms with Crippen LogP contribution in [0.5, 0.6) is 0 Å². The molecule has 0 aromatic heterocycles. The van der Waals surface area contributed by atoms with Crippen LogP contribution in [0.4, 0.5) is 14.5 Å². The van der Waals surface area contributed by atoms with Crippen LogP contribution < -0.4 is 5.32 Å². The maximum atomic E-state index is 13.1. The smallest absolute Gasteiger partial charge is 0.226 e. The van der Waals surface area contributed by atoms with Crippen molar-refractivity contribution in [2.24, 2.45) is 0 Å². The highest BCUT2D eigenvalue weighted by atomic mass is 35.5. The maximum Gasteiger partial charge on any atom is 0.226 e. The van der Waals surface area contributed by atoms with Gasteiger partial charge in [-0.25, -0.2) is 8.78 Å². The van der Waals surface area contributed by atoms with Crippen molar-refractivity contribution >= 4 is 29.1 Å². The minimum atomic E-state index is -1.04. The van der Waals surface area contributed by atoms with Crippen LogP contribution in [0.1, 0.15) is 18.9 Å². The minimum absolute atomic E-state index is 0.0339. The second kappa shape index (κ2) is 8.58. The second-order valence-electron chi connectivity index (χ2n) is 5.49. The highest BCUT2D eigenvalue weighted by Crippen LogP contribution is 2.14. The molecule has 0 saturated heterocycles. The number of benzene rings is 2. The van der Waals surface area contributed by atoms with Gasteiger partial charge in [0.15, 0.2) is 11.6 Å². The van der Waals surface area contributed by atoms with Crippen LogP contribution in [0.15, 0.2) is 42.5 Å². The summed E-state index contributed by atoms with van der Waals surface area (Å²) in [4.78, 5) is 25.2. The summed E-state index contributed by atoms with van der Waals surface area (Å²) in [5.41, 5.74) is 1.05. The van der Waals surface area contributed by atoms with E-state index in [-0.39, 0.29) is 24.6 Å². The van der Waals surface area contributed by atoms with E-state index in [0.29, 0.717) is 11.6 Å². The molecule has 2 amide bonds. The van der Waals surface area contributed by atoms with Crippen LogP contribution in [-0.4, -0.2) is 23.3 Å². The fourth-order valence-electron chi connectivity index (χ4n) is 2.19. The zero-order chi connectivity index (χ0) is 18.4. The van der Waals surface area contributed by atoms with Gasteiger partial charge in [0.05, 0.1) is 0 Å². The molecule has 0 spiro atoms. The summed E-state index contributed by atoms with van der Waals surface area (Å²) in [6.07, 6.45) is 0.0339. The molecule has 0 bridgehead atoms. The third kappa shape index (κ3) is 5.83. The molecule has 0 fully saturated rings. The summed E-state index contributed by atoms with van der Waals surface area (Å²) < 4.78 is 26.0. The molecule has 25 heavy (non-hydrogen) atoms. The number of nitrogens with zero attached hydrogens (tertiary/aromatic N) is 1. The van der Waals surface area contributed by atoms with Crippen molar-refractivity contribution in [3.8, 4) is 0 Å². The first-order valence-electron chi connectivity index (χ1n) is 7.60. The van der Waals surface area contributed by atoms with Crippen LogP contribution in [0.3, 0.4) is 0 Å². The average Bonchev–Trinajstić information content (AvgIpc) is 2.56. The first-order valence-corrected chi connectivity index (χ1v) is 7.98.